The van der Waals surface area contributed by atoms with Gasteiger partial charge in [-0.2, -0.15) is 15.1 Å². The highest BCUT2D eigenvalue weighted by atomic mass is 35.5. The number of anilines is 2. The Bertz CT molecular complexity index is 1380. The van der Waals surface area contributed by atoms with E-state index in [1.54, 1.807) is 29.1 Å². The molecule has 1 aliphatic heterocycles. The predicted octanol–water partition coefficient (Wildman–Crippen LogP) is 5.69. The van der Waals surface area contributed by atoms with Crippen LogP contribution in [0.5, 0.6) is 5.88 Å². The number of H-pyrrole nitrogens is 1. The number of halogens is 1. The van der Waals surface area contributed by atoms with Crippen LogP contribution in [0.15, 0.2) is 30.7 Å². The van der Waals surface area contributed by atoms with Gasteiger partial charge in [-0.1, -0.05) is 59.7 Å². The molecule has 0 spiro atoms. The van der Waals surface area contributed by atoms with Gasteiger partial charge in [-0.3, -0.25) is 9.48 Å². The van der Waals surface area contributed by atoms with Crippen LogP contribution in [0.1, 0.15) is 41.5 Å². The van der Waals surface area contributed by atoms with Crippen molar-refractivity contribution in [1.82, 2.24) is 29.6 Å². The molecule has 2 N–H and O–H groups in total. The summed E-state index contributed by atoms with van der Waals surface area (Å²) in [5.74, 6) is 0.489. The van der Waals surface area contributed by atoms with Crippen molar-refractivity contribution >= 4 is 48.5 Å². The van der Waals surface area contributed by atoms with Gasteiger partial charge in [-0.25, -0.2) is 0 Å². The van der Waals surface area contributed by atoms with E-state index in [-0.39, 0.29) is 31.1 Å². The van der Waals surface area contributed by atoms with Crippen molar-refractivity contribution in [2.75, 3.05) is 38.7 Å². The average Bonchev–Trinajstić information content (AvgIpc) is 3.64. The number of methoxy groups -OCH3 is 1. The van der Waals surface area contributed by atoms with E-state index in [9.17, 15) is 4.79 Å². The van der Waals surface area contributed by atoms with Gasteiger partial charge in [0.2, 0.25) is 20.1 Å². The smallest absolute Gasteiger partial charge is 0.251 e. The summed E-state index contributed by atoms with van der Waals surface area (Å²) >= 11 is 6.44. The Morgan fingerprint density at radius 3 is 2.48 bits per heavy atom. The highest BCUT2D eigenvalue weighted by molar-refractivity contribution is 6.77. The largest absolute Gasteiger partial charge is 0.477 e. The van der Waals surface area contributed by atoms with Crippen molar-refractivity contribution in [2.45, 2.75) is 64.3 Å². The lowest BCUT2D eigenvalue weighted by Gasteiger charge is -2.42. The van der Waals surface area contributed by atoms with E-state index in [2.05, 4.69) is 73.5 Å². The number of likely N-dealkylation sites (tertiary alicyclic amines) is 1. The number of amides is 1. The first-order chi connectivity index (χ1) is 19.9. The first-order valence-corrected chi connectivity index (χ1v) is 17.0. The van der Waals surface area contributed by atoms with Gasteiger partial charge in [0.05, 0.1) is 41.6 Å². The normalized spacial score (nSPS) is 17.7. The lowest BCUT2D eigenvalue weighted by molar-refractivity contribution is -0.127. The molecule has 0 aliphatic carbocycles. The number of hydrogen-bond donors (Lipinski definition) is 2. The van der Waals surface area contributed by atoms with Gasteiger partial charge in [0.25, 0.3) is 5.91 Å². The maximum absolute atomic E-state index is 13.5. The summed E-state index contributed by atoms with van der Waals surface area (Å²) in [7, 11) is 1.36. The Hall–Kier alpha value is -2.93. The van der Waals surface area contributed by atoms with Crippen molar-refractivity contribution in [2.24, 2.45) is 13.0 Å². The Morgan fingerprint density at radius 2 is 1.88 bits per heavy atom. The molecule has 230 valence electrons. The standard InChI is InChI=1S/C29H44ClN7O4Si/c1-17(2)42(18(3)4,19(5)6)41-15-20(7)28(38)37-12-21(24(14-37)39-9)16-40-27-25-23(30)11-31-26(25)34-29(35-27)33-22-10-32-36(8)13-22/h10-11,13,17-19,21,24H,7,12,14-16H2,1-6,8-9H3,(H2,31,33,34,35)/t21-,24+/m1/s1. The molecule has 0 unspecified atom stereocenters. The fourth-order valence-electron chi connectivity index (χ4n) is 6.36. The zero-order chi connectivity index (χ0) is 30.8. The van der Waals surface area contributed by atoms with Crippen LogP contribution in [0, 0.1) is 5.92 Å². The number of nitrogens with one attached hydrogen (secondary N) is 2. The van der Waals surface area contributed by atoms with E-state index < -0.39 is 8.32 Å². The average molecular weight is 618 g/mol. The van der Waals surface area contributed by atoms with Gasteiger partial charge in [0.15, 0.2) is 0 Å². The molecular formula is C29H44ClN7O4Si. The molecule has 4 rings (SSSR count). The fourth-order valence-corrected chi connectivity index (χ4v) is 12.0. The first-order valence-electron chi connectivity index (χ1n) is 14.4. The Morgan fingerprint density at radius 1 is 1.19 bits per heavy atom. The number of carbonyl (C=O) groups excluding carboxylic acids is 1. The Balaban J connectivity index is 1.44. The van der Waals surface area contributed by atoms with Gasteiger partial charge in [-0.05, 0) is 16.6 Å². The van der Waals surface area contributed by atoms with Gasteiger partial charge >= 0.3 is 0 Å². The second-order valence-electron chi connectivity index (χ2n) is 12.0. The molecule has 0 radical (unpaired) electrons. The summed E-state index contributed by atoms with van der Waals surface area (Å²) in [6.45, 7) is 18.9. The molecule has 3 aromatic heterocycles. The monoisotopic (exact) mass is 617 g/mol. The second kappa shape index (κ2) is 13.1. The van der Waals surface area contributed by atoms with Crippen LogP contribution in [0.4, 0.5) is 11.6 Å². The highest BCUT2D eigenvalue weighted by Gasteiger charge is 2.45. The lowest BCUT2D eigenvalue weighted by Crippen LogP contribution is -2.48. The van der Waals surface area contributed by atoms with Crippen molar-refractivity contribution in [3.8, 4) is 5.88 Å². The third-order valence-corrected chi connectivity index (χ3v) is 14.7. The zero-order valence-corrected chi connectivity index (χ0v) is 27.7. The van der Waals surface area contributed by atoms with Crippen molar-refractivity contribution < 1.29 is 18.7 Å². The summed E-state index contributed by atoms with van der Waals surface area (Å²) in [5, 5.41) is 8.36. The molecule has 0 saturated carbocycles. The van der Waals surface area contributed by atoms with Crippen LogP contribution in [-0.2, 0) is 21.0 Å². The zero-order valence-electron chi connectivity index (χ0n) is 25.9. The van der Waals surface area contributed by atoms with Crippen LogP contribution >= 0.6 is 11.6 Å². The molecule has 1 amide bonds. The third-order valence-electron chi connectivity index (χ3n) is 8.32. The van der Waals surface area contributed by atoms with Gasteiger partial charge in [0, 0.05) is 51.1 Å². The molecule has 1 saturated heterocycles. The van der Waals surface area contributed by atoms with Crippen LogP contribution < -0.4 is 10.1 Å². The van der Waals surface area contributed by atoms with E-state index >= 15 is 0 Å². The summed E-state index contributed by atoms with van der Waals surface area (Å²) in [6, 6.07) is 0. The summed E-state index contributed by atoms with van der Waals surface area (Å²) in [5.41, 5.74) is 3.02. The van der Waals surface area contributed by atoms with Gasteiger partial charge < -0.3 is 29.1 Å². The highest BCUT2D eigenvalue weighted by Crippen LogP contribution is 2.42. The van der Waals surface area contributed by atoms with E-state index in [4.69, 9.17) is 25.5 Å². The first kappa shape index (κ1) is 32.0. The van der Waals surface area contributed by atoms with Crippen molar-refractivity contribution in [3.63, 3.8) is 0 Å². The van der Waals surface area contributed by atoms with E-state index in [1.807, 2.05) is 13.2 Å². The number of aromatic amines is 1. The summed E-state index contributed by atoms with van der Waals surface area (Å²) < 4.78 is 20.3. The minimum absolute atomic E-state index is 0.0828. The number of rotatable bonds is 13. The van der Waals surface area contributed by atoms with Crippen LogP contribution in [0.3, 0.4) is 0 Å². The summed E-state index contributed by atoms with van der Waals surface area (Å²) in [4.78, 5) is 27.4. The number of hydrogen-bond acceptors (Lipinski definition) is 8. The third kappa shape index (κ3) is 6.51. The van der Waals surface area contributed by atoms with Crippen molar-refractivity contribution in [3.05, 3.63) is 35.8 Å². The number of ether oxygens (including phenoxy) is 2. The Kier molecular flexibility index (Phi) is 10.0. The number of aromatic nitrogens is 5. The lowest BCUT2D eigenvalue weighted by atomic mass is 10.1. The molecule has 1 aliphatic rings. The maximum atomic E-state index is 13.5. The van der Waals surface area contributed by atoms with Gasteiger partial charge in [0.1, 0.15) is 5.65 Å². The molecule has 3 aromatic rings. The van der Waals surface area contributed by atoms with E-state index in [1.165, 1.54) is 0 Å². The van der Waals surface area contributed by atoms with Crippen LogP contribution in [0.25, 0.3) is 11.0 Å². The molecule has 42 heavy (non-hydrogen) atoms. The number of aryl methyl sites for hydroxylation is 1. The second-order valence-corrected chi connectivity index (χ2v) is 17.9. The molecule has 2 atom stereocenters. The number of nitrogens with zero attached hydrogens (tertiary/aromatic N) is 5. The van der Waals surface area contributed by atoms with Crippen molar-refractivity contribution in [1.29, 1.82) is 0 Å². The SMILES string of the molecule is C=C(CO[Si](C(C)C)(C(C)C)C(C)C)C(=O)N1C[C@H](COc2nc(Nc3cnn(C)c3)nc3[nH]cc(Cl)c23)[C@@H](OC)C1. The molecule has 0 aromatic carbocycles. The number of carbonyl (C=O) groups is 1. The summed E-state index contributed by atoms with van der Waals surface area (Å²) in [6.07, 6.45) is 4.95. The van der Waals surface area contributed by atoms with E-state index in [0.29, 0.717) is 63.2 Å². The molecule has 11 nitrogen and oxygen atoms in total. The van der Waals surface area contributed by atoms with Crippen LogP contribution in [-0.4, -0.2) is 83.4 Å². The van der Waals surface area contributed by atoms with Gasteiger partial charge in [-0.15, -0.1) is 0 Å². The minimum Gasteiger partial charge on any atom is -0.477 e. The topological polar surface area (TPSA) is 119 Å². The number of fused-ring (bicyclic) bond motifs is 1. The van der Waals surface area contributed by atoms with E-state index in [0.717, 1.165) is 5.69 Å². The molecule has 0 bridgehead atoms. The van der Waals surface area contributed by atoms with Crippen LogP contribution in [0.2, 0.25) is 21.6 Å². The Labute approximate surface area is 254 Å². The molecular weight excluding hydrogens is 574 g/mol. The minimum atomic E-state index is -2.12. The predicted molar refractivity (Wildman–Crippen MR) is 168 cm³/mol. The molecule has 13 heteroatoms. The fraction of sp³-hybridized carbons (Fsp3) is 0.586. The maximum Gasteiger partial charge on any atom is 0.251 e. The molecule has 4 heterocycles. The molecule has 1 fully saturated rings. The quantitative estimate of drug-likeness (QED) is 0.185.